The van der Waals surface area contributed by atoms with E-state index in [1.165, 1.54) is 12.1 Å². The van der Waals surface area contributed by atoms with Gasteiger partial charge in [-0.15, -0.1) is 0 Å². The van der Waals surface area contributed by atoms with Crippen LogP contribution in [0.5, 0.6) is 0 Å². The van der Waals surface area contributed by atoms with Crippen molar-refractivity contribution in [2.24, 2.45) is 0 Å². The number of hydrogen-bond acceptors (Lipinski definition) is 5. The first kappa shape index (κ1) is 22.1. The van der Waals surface area contributed by atoms with Gasteiger partial charge in [0.15, 0.2) is 5.65 Å². The van der Waals surface area contributed by atoms with Crippen LogP contribution in [-0.4, -0.2) is 32.6 Å². The molecular formula is C25H25N5O3. The summed E-state index contributed by atoms with van der Waals surface area (Å²) in [7, 11) is 0. The van der Waals surface area contributed by atoms with Crippen molar-refractivity contribution in [2.75, 3.05) is 6.54 Å². The highest BCUT2D eigenvalue weighted by Gasteiger charge is 2.21. The molecule has 0 aliphatic heterocycles. The molecule has 0 atom stereocenters. The number of non-ortho nitro benzene ring substituents is 1. The van der Waals surface area contributed by atoms with E-state index in [9.17, 15) is 14.9 Å². The minimum Gasteiger partial charge on any atom is -0.352 e. The molecule has 0 fully saturated rings. The van der Waals surface area contributed by atoms with Gasteiger partial charge in [0, 0.05) is 29.8 Å². The molecule has 0 aliphatic carbocycles. The Balaban J connectivity index is 1.84. The van der Waals surface area contributed by atoms with Crippen LogP contribution in [0.3, 0.4) is 0 Å². The zero-order chi connectivity index (χ0) is 23.4. The van der Waals surface area contributed by atoms with Crippen molar-refractivity contribution in [3.63, 3.8) is 0 Å². The van der Waals surface area contributed by atoms with Crippen molar-refractivity contribution in [3.8, 4) is 22.5 Å². The van der Waals surface area contributed by atoms with E-state index in [-0.39, 0.29) is 11.6 Å². The number of H-pyrrole nitrogens is 1. The third-order valence-electron chi connectivity index (χ3n) is 5.53. The molecule has 1 amide bonds. The molecule has 168 valence electrons. The molecular weight excluding hydrogens is 418 g/mol. The minimum absolute atomic E-state index is 0.0370. The van der Waals surface area contributed by atoms with Gasteiger partial charge in [0.25, 0.3) is 11.6 Å². The Morgan fingerprint density at radius 2 is 1.88 bits per heavy atom. The van der Waals surface area contributed by atoms with E-state index in [0.29, 0.717) is 40.1 Å². The van der Waals surface area contributed by atoms with Crippen molar-refractivity contribution in [3.05, 3.63) is 75.8 Å². The molecule has 0 saturated heterocycles. The van der Waals surface area contributed by atoms with E-state index < -0.39 is 4.92 Å². The number of pyridine rings is 1. The summed E-state index contributed by atoms with van der Waals surface area (Å²) in [6.07, 6.45) is 2.99. The monoisotopic (exact) mass is 443 g/mol. The van der Waals surface area contributed by atoms with Crippen LogP contribution < -0.4 is 5.32 Å². The standard InChI is InChI=1S/C25H25N5O3/c1-3-4-5-13-26-25(31)20-15-21(17-11-9-16(2)10-12-17)27-24-22(20)23(28-29-24)18-7-6-8-19(14-18)30(32)33/h6-12,14-15H,3-5,13H2,1-2H3,(H,26,31)(H,27,28,29). The topological polar surface area (TPSA) is 114 Å². The van der Waals surface area contributed by atoms with E-state index in [1.807, 2.05) is 31.2 Å². The molecule has 2 heterocycles. The molecule has 0 unspecified atom stereocenters. The van der Waals surface area contributed by atoms with Crippen molar-refractivity contribution < 1.29 is 9.72 Å². The number of nitrogens with one attached hydrogen (secondary N) is 2. The molecule has 0 saturated carbocycles. The zero-order valence-electron chi connectivity index (χ0n) is 18.6. The van der Waals surface area contributed by atoms with Crippen molar-refractivity contribution in [1.82, 2.24) is 20.5 Å². The van der Waals surface area contributed by atoms with E-state index in [0.717, 1.165) is 30.4 Å². The first-order chi connectivity index (χ1) is 16.0. The van der Waals surface area contributed by atoms with Crippen LogP contribution >= 0.6 is 0 Å². The fraction of sp³-hybridized carbons (Fsp3) is 0.240. The van der Waals surface area contributed by atoms with Crippen LogP contribution in [0.25, 0.3) is 33.5 Å². The molecule has 0 spiro atoms. The maximum atomic E-state index is 13.2. The summed E-state index contributed by atoms with van der Waals surface area (Å²) in [4.78, 5) is 28.7. The Morgan fingerprint density at radius 1 is 1.09 bits per heavy atom. The van der Waals surface area contributed by atoms with Crippen LogP contribution in [0.15, 0.2) is 54.6 Å². The Bertz CT molecular complexity index is 1310. The van der Waals surface area contributed by atoms with Gasteiger partial charge in [0.1, 0.15) is 0 Å². The summed E-state index contributed by atoms with van der Waals surface area (Å²) >= 11 is 0. The predicted molar refractivity (Wildman–Crippen MR) is 128 cm³/mol. The van der Waals surface area contributed by atoms with Crippen LogP contribution in [0.2, 0.25) is 0 Å². The number of hydrogen-bond donors (Lipinski definition) is 2. The number of aromatic nitrogens is 3. The molecule has 0 aliphatic rings. The molecule has 2 aromatic carbocycles. The third-order valence-corrected chi connectivity index (χ3v) is 5.53. The van der Waals surface area contributed by atoms with Crippen molar-refractivity contribution in [1.29, 1.82) is 0 Å². The maximum absolute atomic E-state index is 13.2. The number of unbranched alkanes of at least 4 members (excludes halogenated alkanes) is 2. The van der Waals surface area contributed by atoms with Gasteiger partial charge in [-0.25, -0.2) is 4.98 Å². The van der Waals surface area contributed by atoms with Crippen LogP contribution in [0.1, 0.15) is 42.1 Å². The Labute approximate surface area is 191 Å². The fourth-order valence-corrected chi connectivity index (χ4v) is 3.73. The lowest BCUT2D eigenvalue weighted by atomic mass is 10.0. The second-order valence-corrected chi connectivity index (χ2v) is 7.99. The highest BCUT2D eigenvalue weighted by atomic mass is 16.6. The largest absolute Gasteiger partial charge is 0.352 e. The number of benzene rings is 2. The number of fused-ring (bicyclic) bond motifs is 1. The molecule has 4 rings (SSSR count). The number of nitro benzene ring substituents is 1. The number of aromatic amines is 1. The lowest BCUT2D eigenvalue weighted by Gasteiger charge is -2.10. The lowest BCUT2D eigenvalue weighted by molar-refractivity contribution is -0.384. The smallest absolute Gasteiger partial charge is 0.270 e. The van der Waals surface area contributed by atoms with Crippen LogP contribution in [-0.2, 0) is 0 Å². The average molecular weight is 444 g/mol. The van der Waals surface area contributed by atoms with E-state index in [4.69, 9.17) is 0 Å². The highest BCUT2D eigenvalue weighted by Crippen LogP contribution is 2.32. The van der Waals surface area contributed by atoms with Gasteiger partial charge < -0.3 is 5.32 Å². The molecule has 0 bridgehead atoms. The number of carbonyl (C=O) groups is 1. The van der Waals surface area contributed by atoms with Gasteiger partial charge in [-0.05, 0) is 19.4 Å². The summed E-state index contributed by atoms with van der Waals surface area (Å²) in [5.74, 6) is -0.222. The second kappa shape index (κ2) is 9.60. The first-order valence-electron chi connectivity index (χ1n) is 11.0. The minimum atomic E-state index is -0.447. The first-order valence-corrected chi connectivity index (χ1v) is 11.0. The van der Waals surface area contributed by atoms with Gasteiger partial charge in [-0.1, -0.05) is 61.7 Å². The molecule has 0 radical (unpaired) electrons. The molecule has 8 nitrogen and oxygen atoms in total. The zero-order valence-corrected chi connectivity index (χ0v) is 18.6. The number of carbonyl (C=O) groups excluding carboxylic acids is 1. The summed E-state index contributed by atoms with van der Waals surface area (Å²) in [6.45, 7) is 4.69. The SMILES string of the molecule is CCCCCNC(=O)c1cc(-c2ccc(C)cc2)nc2n[nH]c(-c3cccc([N+](=O)[O-])c3)c12. The van der Waals surface area contributed by atoms with Crippen molar-refractivity contribution >= 4 is 22.6 Å². The number of nitrogens with zero attached hydrogens (tertiary/aromatic N) is 3. The number of nitro groups is 1. The van der Waals surface area contributed by atoms with Gasteiger partial charge >= 0.3 is 0 Å². The quantitative estimate of drug-likeness (QED) is 0.214. The van der Waals surface area contributed by atoms with Crippen LogP contribution in [0, 0.1) is 17.0 Å². The third kappa shape index (κ3) is 4.74. The summed E-state index contributed by atoms with van der Waals surface area (Å²) < 4.78 is 0. The van der Waals surface area contributed by atoms with Gasteiger partial charge in [-0.2, -0.15) is 5.10 Å². The van der Waals surface area contributed by atoms with E-state index >= 15 is 0 Å². The second-order valence-electron chi connectivity index (χ2n) is 7.99. The molecule has 4 aromatic rings. The summed E-state index contributed by atoms with van der Waals surface area (Å²) in [6, 6.07) is 15.9. The van der Waals surface area contributed by atoms with Crippen LogP contribution in [0.4, 0.5) is 5.69 Å². The summed E-state index contributed by atoms with van der Waals surface area (Å²) in [5, 5.41) is 22.1. The van der Waals surface area contributed by atoms with Gasteiger partial charge in [0.2, 0.25) is 0 Å². The fourth-order valence-electron chi connectivity index (χ4n) is 3.73. The normalized spacial score (nSPS) is 11.0. The highest BCUT2D eigenvalue weighted by molar-refractivity contribution is 6.11. The van der Waals surface area contributed by atoms with Gasteiger partial charge in [0.05, 0.1) is 27.3 Å². The molecule has 2 aromatic heterocycles. The molecule has 8 heteroatoms. The van der Waals surface area contributed by atoms with E-state index in [1.54, 1.807) is 18.2 Å². The lowest BCUT2D eigenvalue weighted by Crippen LogP contribution is -2.24. The molecule has 2 N–H and O–H groups in total. The summed E-state index contributed by atoms with van der Waals surface area (Å²) in [5.41, 5.74) is 4.51. The van der Waals surface area contributed by atoms with Crippen molar-refractivity contribution in [2.45, 2.75) is 33.1 Å². The van der Waals surface area contributed by atoms with E-state index in [2.05, 4.69) is 27.4 Å². The Hall–Kier alpha value is -4.07. The Morgan fingerprint density at radius 3 is 2.61 bits per heavy atom. The molecule has 33 heavy (non-hydrogen) atoms. The average Bonchev–Trinajstić information content (AvgIpc) is 3.26. The predicted octanol–water partition coefficient (Wildman–Crippen LogP) is 5.43. The number of amides is 1. The number of aryl methyl sites for hydroxylation is 1. The Kier molecular flexibility index (Phi) is 6.44. The maximum Gasteiger partial charge on any atom is 0.270 e. The number of rotatable bonds is 8. The van der Waals surface area contributed by atoms with Gasteiger partial charge in [-0.3, -0.25) is 20.0 Å².